The smallest absolute Gasteiger partial charge is 0.497 e. The summed E-state index contributed by atoms with van der Waals surface area (Å²) in [6.07, 6.45) is 3.35. The molecule has 0 radical (unpaired) electrons. The molecule has 2 aromatic carbocycles. The zero-order chi connectivity index (χ0) is 20.0. The quantitative estimate of drug-likeness (QED) is 0.387. The summed E-state index contributed by atoms with van der Waals surface area (Å²) in [7, 11) is -1.01. The minimum Gasteiger partial charge on any atom is -0.497 e. The fraction of sp³-hybridized carbons (Fsp3) is 0.0455. The van der Waals surface area contributed by atoms with Gasteiger partial charge in [-0.15, -0.1) is 0 Å². The van der Waals surface area contributed by atoms with Crippen LogP contribution < -0.4 is 4.74 Å². The zero-order valence-corrected chi connectivity index (χ0v) is 15.6. The first-order valence-electron chi connectivity index (χ1n) is 9.17. The molecule has 0 saturated heterocycles. The number of pyridine rings is 1. The minimum atomic E-state index is -2.63. The third-order valence-corrected chi connectivity index (χ3v) is 5.10. The lowest BCUT2D eigenvalue weighted by Crippen LogP contribution is -2.11. The molecule has 0 aliphatic carbocycles. The van der Waals surface area contributed by atoms with Gasteiger partial charge in [0, 0.05) is 22.8 Å². The van der Waals surface area contributed by atoms with Gasteiger partial charge in [-0.2, -0.15) is 0 Å². The molecule has 0 unspecified atom stereocenters. The van der Waals surface area contributed by atoms with Gasteiger partial charge in [0.15, 0.2) is 0 Å². The van der Waals surface area contributed by atoms with Gasteiger partial charge in [-0.1, -0.05) is 24.3 Å². The largest absolute Gasteiger partial charge is 0.677 e. The number of aromatic nitrogens is 3. The van der Waals surface area contributed by atoms with E-state index in [0.717, 1.165) is 32.5 Å². The molecule has 5 rings (SSSR count). The van der Waals surface area contributed by atoms with Gasteiger partial charge >= 0.3 is 7.40 Å². The van der Waals surface area contributed by atoms with Crippen LogP contribution >= 0.6 is 0 Å². The summed E-state index contributed by atoms with van der Waals surface area (Å²) in [5, 5.41) is 0.750. The number of nitrogens with zero attached hydrogens (tertiary/aromatic N) is 3. The van der Waals surface area contributed by atoms with Crippen LogP contribution in [0.25, 0.3) is 39.1 Å². The van der Waals surface area contributed by atoms with Crippen molar-refractivity contribution in [1.82, 2.24) is 13.9 Å². The van der Waals surface area contributed by atoms with Crippen molar-refractivity contribution in [3.63, 3.8) is 0 Å². The van der Waals surface area contributed by atoms with Crippen molar-refractivity contribution in [2.75, 3.05) is 7.11 Å². The first-order valence-corrected chi connectivity index (χ1v) is 9.17. The van der Waals surface area contributed by atoms with Crippen LogP contribution in [-0.2, 0) is 0 Å². The van der Waals surface area contributed by atoms with E-state index in [1.54, 1.807) is 13.2 Å². The van der Waals surface area contributed by atoms with Crippen LogP contribution in [0.15, 0.2) is 79.1 Å². The van der Waals surface area contributed by atoms with Crippen molar-refractivity contribution in [1.29, 1.82) is 0 Å². The number of hydrogen-bond acceptors (Lipinski definition) is 2. The Kier molecular flexibility index (Phi) is 4.09. The molecule has 0 aliphatic rings. The van der Waals surface area contributed by atoms with E-state index >= 15 is 0 Å². The molecule has 0 N–H and O–H groups in total. The number of benzene rings is 2. The third kappa shape index (κ3) is 2.78. The van der Waals surface area contributed by atoms with Gasteiger partial charge < -0.3 is 9.21 Å². The second-order valence-corrected chi connectivity index (χ2v) is 6.71. The van der Waals surface area contributed by atoms with Crippen LogP contribution in [0.4, 0.5) is 8.63 Å². The lowest BCUT2D eigenvalue weighted by Gasteiger charge is -2.10. The molecular weight excluding hydrogens is 371 g/mol. The maximum atomic E-state index is 13.7. The maximum Gasteiger partial charge on any atom is 0.677 e. The second-order valence-electron chi connectivity index (χ2n) is 6.71. The first-order chi connectivity index (χ1) is 14.2. The molecule has 0 spiro atoms. The average Bonchev–Trinajstić information content (AvgIpc) is 3.35. The fourth-order valence-electron chi connectivity index (χ4n) is 3.78. The second kappa shape index (κ2) is 6.77. The highest BCUT2D eigenvalue weighted by Crippen LogP contribution is 2.37. The first kappa shape index (κ1) is 17.5. The molecule has 142 valence electrons. The van der Waals surface area contributed by atoms with Crippen LogP contribution in [0.5, 0.6) is 5.75 Å². The van der Waals surface area contributed by atoms with Gasteiger partial charge in [-0.25, -0.2) is 4.98 Å². The molecule has 0 aliphatic heterocycles. The Morgan fingerprint density at radius 1 is 0.897 bits per heavy atom. The maximum absolute atomic E-state index is 13.7. The number of halogens is 2. The molecular formula is C22H16BF2N3O. The summed E-state index contributed by atoms with van der Waals surface area (Å²) in [5.74, 6) is 0.748. The number of hydrogen-bond donors (Lipinski definition) is 0. The van der Waals surface area contributed by atoms with Gasteiger partial charge in [-0.05, 0) is 54.0 Å². The highest BCUT2D eigenvalue weighted by molar-refractivity contribution is 6.43. The lowest BCUT2D eigenvalue weighted by atomic mass is 10.0. The van der Waals surface area contributed by atoms with E-state index in [2.05, 4.69) is 0 Å². The van der Waals surface area contributed by atoms with Gasteiger partial charge in [0.1, 0.15) is 11.4 Å². The monoisotopic (exact) mass is 387 g/mol. The molecule has 5 aromatic rings. The molecule has 29 heavy (non-hydrogen) atoms. The highest BCUT2D eigenvalue weighted by atomic mass is 19.2. The summed E-state index contributed by atoms with van der Waals surface area (Å²) in [6, 6.07) is 20.6. The van der Waals surface area contributed by atoms with Crippen molar-refractivity contribution in [2.24, 2.45) is 0 Å². The Morgan fingerprint density at radius 2 is 1.72 bits per heavy atom. The summed E-state index contributed by atoms with van der Waals surface area (Å²) in [4.78, 5) is 4.81. The SMILES string of the molecule is COc1ccc(-c2c(-c3cccc4ccn(B(F)F)c34)nc3ccccn23)cc1. The molecule has 0 fully saturated rings. The van der Waals surface area contributed by atoms with Gasteiger partial charge in [0.2, 0.25) is 0 Å². The number of ether oxygens (including phenoxy) is 1. The molecule has 3 heterocycles. The zero-order valence-electron chi connectivity index (χ0n) is 15.6. The van der Waals surface area contributed by atoms with Gasteiger partial charge in [-0.3, -0.25) is 13.0 Å². The third-order valence-electron chi connectivity index (χ3n) is 5.10. The predicted octanol–water partition coefficient (Wildman–Crippen LogP) is 5.40. The Bertz CT molecular complexity index is 1330. The molecule has 4 nitrogen and oxygen atoms in total. The van der Waals surface area contributed by atoms with Crippen molar-refractivity contribution in [2.45, 2.75) is 0 Å². The van der Waals surface area contributed by atoms with Gasteiger partial charge in [0.05, 0.1) is 18.5 Å². The Morgan fingerprint density at radius 3 is 2.48 bits per heavy atom. The van der Waals surface area contributed by atoms with Crippen molar-refractivity contribution in [3.05, 3.63) is 79.1 Å². The Balaban J connectivity index is 1.85. The Hall–Kier alpha value is -3.61. The molecule has 0 atom stereocenters. The number of fused-ring (bicyclic) bond motifs is 2. The van der Waals surface area contributed by atoms with E-state index in [4.69, 9.17) is 9.72 Å². The van der Waals surface area contributed by atoms with E-state index in [1.807, 2.05) is 71.3 Å². The van der Waals surface area contributed by atoms with E-state index in [-0.39, 0.29) is 0 Å². The molecule has 0 bridgehead atoms. The lowest BCUT2D eigenvalue weighted by molar-refractivity contribution is 0.415. The summed E-state index contributed by atoms with van der Waals surface area (Å²) < 4.78 is 35.6. The predicted molar refractivity (Wildman–Crippen MR) is 111 cm³/mol. The van der Waals surface area contributed by atoms with Crippen LogP contribution in [-0.4, -0.2) is 28.4 Å². The van der Waals surface area contributed by atoms with Crippen molar-refractivity contribution < 1.29 is 13.4 Å². The normalized spacial score (nSPS) is 11.3. The average molecular weight is 387 g/mol. The van der Waals surface area contributed by atoms with Crippen LogP contribution in [0.1, 0.15) is 0 Å². The summed E-state index contributed by atoms with van der Waals surface area (Å²) in [6.45, 7) is 0. The topological polar surface area (TPSA) is 31.5 Å². The van der Waals surface area contributed by atoms with E-state index < -0.39 is 7.40 Å². The van der Waals surface area contributed by atoms with Crippen molar-refractivity contribution in [3.8, 4) is 28.3 Å². The van der Waals surface area contributed by atoms with E-state index in [1.165, 1.54) is 6.20 Å². The fourth-order valence-corrected chi connectivity index (χ4v) is 3.78. The van der Waals surface area contributed by atoms with E-state index in [9.17, 15) is 8.63 Å². The number of para-hydroxylation sites is 1. The van der Waals surface area contributed by atoms with Crippen LogP contribution in [0.3, 0.4) is 0 Å². The van der Waals surface area contributed by atoms with Crippen LogP contribution in [0, 0.1) is 0 Å². The minimum absolute atomic E-state index is 0.473. The highest BCUT2D eigenvalue weighted by Gasteiger charge is 2.24. The number of rotatable bonds is 4. The summed E-state index contributed by atoms with van der Waals surface area (Å²) >= 11 is 0. The van der Waals surface area contributed by atoms with E-state index in [0.29, 0.717) is 16.8 Å². The standard InChI is InChI=1S/C22H16BF2N3O/c1-29-17-10-8-16(9-11-17)22-20(26-19-7-2-3-13-27(19)22)18-6-4-5-15-12-14-28(21(15)18)23(24)25/h2-14H,1H3. The number of methoxy groups -OCH3 is 1. The Labute approximate surface area is 166 Å². The molecule has 0 amide bonds. The molecule has 7 heteroatoms. The summed E-state index contributed by atoms with van der Waals surface area (Å²) in [5.41, 5.74) is 4.32. The van der Waals surface area contributed by atoms with Crippen molar-refractivity contribution >= 4 is 24.0 Å². The number of imidazole rings is 1. The molecule has 0 saturated carbocycles. The van der Waals surface area contributed by atoms with Crippen LogP contribution in [0.2, 0.25) is 0 Å². The molecule has 3 aromatic heterocycles. The van der Waals surface area contributed by atoms with Gasteiger partial charge in [0.25, 0.3) is 0 Å².